The fraction of sp³-hybridized carbons (Fsp3) is 0.471. The fourth-order valence-electron chi connectivity index (χ4n) is 2.15. The summed E-state index contributed by atoms with van der Waals surface area (Å²) in [5.74, 6) is 1.48. The van der Waals surface area contributed by atoms with E-state index in [1.807, 2.05) is 30.3 Å². The fourth-order valence-corrected chi connectivity index (χ4v) is 2.15. The largest absolute Gasteiger partial charge is 0.443 e. The first-order valence-electron chi connectivity index (χ1n) is 7.27. The number of nitrogens with zero attached hydrogens (tertiary/aromatic N) is 1. The molecule has 4 heteroatoms. The standard InChI is InChI=1S/C17H24N2O2/c1-17(2,3)19-11-10-15-18-12-14(21-15)16(20-4)13-8-6-5-7-9-13/h5-9,12,16,19H,10-11H2,1-4H3. The lowest BCUT2D eigenvalue weighted by Crippen LogP contribution is -2.37. The molecule has 0 bridgehead atoms. The molecule has 0 saturated heterocycles. The molecular formula is C17H24N2O2. The van der Waals surface area contributed by atoms with Crippen LogP contribution in [0.2, 0.25) is 0 Å². The van der Waals surface area contributed by atoms with Crippen molar-refractivity contribution in [3.63, 3.8) is 0 Å². The molecule has 2 rings (SSSR count). The molecule has 2 aromatic rings. The van der Waals surface area contributed by atoms with Crippen LogP contribution in [0.4, 0.5) is 0 Å². The molecule has 0 saturated carbocycles. The smallest absolute Gasteiger partial charge is 0.195 e. The third-order valence-electron chi connectivity index (χ3n) is 3.16. The lowest BCUT2D eigenvalue weighted by atomic mass is 10.1. The Labute approximate surface area is 126 Å². The van der Waals surface area contributed by atoms with E-state index in [9.17, 15) is 0 Å². The minimum absolute atomic E-state index is 0.106. The number of oxazole rings is 1. The van der Waals surface area contributed by atoms with E-state index >= 15 is 0 Å². The second-order valence-corrected chi connectivity index (χ2v) is 6.11. The molecular weight excluding hydrogens is 264 g/mol. The van der Waals surface area contributed by atoms with Crippen molar-refractivity contribution in [2.45, 2.75) is 38.8 Å². The molecule has 1 aromatic heterocycles. The number of rotatable bonds is 6. The summed E-state index contributed by atoms with van der Waals surface area (Å²) in [5, 5.41) is 3.42. The van der Waals surface area contributed by atoms with Crippen molar-refractivity contribution in [2.75, 3.05) is 13.7 Å². The van der Waals surface area contributed by atoms with E-state index in [1.165, 1.54) is 0 Å². The van der Waals surface area contributed by atoms with Crippen molar-refractivity contribution in [2.24, 2.45) is 0 Å². The van der Waals surface area contributed by atoms with Gasteiger partial charge in [0.05, 0.1) is 6.20 Å². The Kier molecular flexibility index (Phi) is 5.15. The van der Waals surface area contributed by atoms with Crippen LogP contribution in [0.3, 0.4) is 0 Å². The van der Waals surface area contributed by atoms with Gasteiger partial charge in [0.15, 0.2) is 11.7 Å². The predicted octanol–water partition coefficient (Wildman–Crippen LogP) is 3.34. The van der Waals surface area contributed by atoms with Gasteiger partial charge >= 0.3 is 0 Å². The first-order valence-corrected chi connectivity index (χ1v) is 7.27. The minimum atomic E-state index is -0.206. The van der Waals surface area contributed by atoms with E-state index in [0.717, 1.165) is 30.2 Å². The molecule has 1 unspecified atom stereocenters. The van der Waals surface area contributed by atoms with Gasteiger partial charge in [-0.2, -0.15) is 0 Å². The summed E-state index contributed by atoms with van der Waals surface area (Å²) in [6.45, 7) is 7.27. The van der Waals surface area contributed by atoms with Gasteiger partial charge in [-0.3, -0.25) is 0 Å². The van der Waals surface area contributed by atoms with Crippen molar-refractivity contribution in [1.82, 2.24) is 10.3 Å². The third kappa shape index (κ3) is 4.69. The molecule has 0 radical (unpaired) electrons. The van der Waals surface area contributed by atoms with E-state index in [-0.39, 0.29) is 11.6 Å². The molecule has 1 N–H and O–H groups in total. The van der Waals surface area contributed by atoms with Gasteiger partial charge in [0, 0.05) is 25.6 Å². The van der Waals surface area contributed by atoms with E-state index in [2.05, 4.69) is 31.1 Å². The number of nitrogens with one attached hydrogen (secondary N) is 1. The molecule has 0 aliphatic rings. The zero-order valence-electron chi connectivity index (χ0n) is 13.2. The van der Waals surface area contributed by atoms with E-state index in [4.69, 9.17) is 9.15 Å². The van der Waals surface area contributed by atoms with Gasteiger partial charge in [-0.25, -0.2) is 4.98 Å². The first kappa shape index (κ1) is 15.7. The van der Waals surface area contributed by atoms with Crippen molar-refractivity contribution >= 4 is 0 Å². The molecule has 0 aliphatic heterocycles. The highest BCUT2D eigenvalue weighted by Crippen LogP contribution is 2.25. The number of hydrogen-bond acceptors (Lipinski definition) is 4. The van der Waals surface area contributed by atoms with Gasteiger partial charge in [0.2, 0.25) is 0 Å². The van der Waals surface area contributed by atoms with Crippen LogP contribution in [0.1, 0.15) is 44.1 Å². The second-order valence-electron chi connectivity index (χ2n) is 6.11. The normalized spacial score (nSPS) is 13.3. The lowest BCUT2D eigenvalue weighted by Gasteiger charge is -2.19. The Morgan fingerprint density at radius 3 is 2.57 bits per heavy atom. The molecule has 1 heterocycles. The van der Waals surface area contributed by atoms with Crippen LogP contribution < -0.4 is 5.32 Å². The van der Waals surface area contributed by atoms with Crippen LogP contribution in [-0.2, 0) is 11.2 Å². The van der Waals surface area contributed by atoms with Gasteiger partial charge in [-0.15, -0.1) is 0 Å². The summed E-state index contributed by atoms with van der Waals surface area (Å²) >= 11 is 0. The molecule has 114 valence electrons. The Balaban J connectivity index is 2.01. The summed E-state index contributed by atoms with van der Waals surface area (Å²) in [6.07, 6.45) is 2.32. The quantitative estimate of drug-likeness (QED) is 0.885. The number of hydrogen-bond donors (Lipinski definition) is 1. The zero-order valence-corrected chi connectivity index (χ0v) is 13.2. The highest BCUT2D eigenvalue weighted by molar-refractivity contribution is 5.23. The van der Waals surface area contributed by atoms with Crippen LogP contribution in [0, 0.1) is 0 Å². The van der Waals surface area contributed by atoms with Crippen LogP contribution in [0.5, 0.6) is 0 Å². The van der Waals surface area contributed by atoms with Crippen molar-refractivity contribution in [1.29, 1.82) is 0 Å². The van der Waals surface area contributed by atoms with Gasteiger partial charge < -0.3 is 14.5 Å². The second kappa shape index (κ2) is 6.87. The number of benzene rings is 1. The third-order valence-corrected chi connectivity index (χ3v) is 3.16. The number of ether oxygens (including phenoxy) is 1. The lowest BCUT2D eigenvalue weighted by molar-refractivity contribution is 0.115. The Bertz CT molecular complexity index is 543. The number of aromatic nitrogens is 1. The molecule has 0 aliphatic carbocycles. The number of methoxy groups -OCH3 is 1. The van der Waals surface area contributed by atoms with E-state index < -0.39 is 0 Å². The maximum Gasteiger partial charge on any atom is 0.195 e. The molecule has 4 nitrogen and oxygen atoms in total. The minimum Gasteiger partial charge on any atom is -0.443 e. The highest BCUT2D eigenvalue weighted by Gasteiger charge is 2.18. The average molecular weight is 288 g/mol. The predicted molar refractivity (Wildman–Crippen MR) is 83.3 cm³/mol. The first-order chi connectivity index (χ1) is 9.99. The monoisotopic (exact) mass is 288 g/mol. The topological polar surface area (TPSA) is 47.3 Å². The summed E-state index contributed by atoms with van der Waals surface area (Å²) in [6, 6.07) is 10.0. The molecule has 1 atom stereocenters. The Morgan fingerprint density at radius 2 is 1.95 bits per heavy atom. The van der Waals surface area contributed by atoms with Crippen molar-refractivity contribution in [3.05, 3.63) is 53.7 Å². The van der Waals surface area contributed by atoms with Gasteiger partial charge in [0.25, 0.3) is 0 Å². The van der Waals surface area contributed by atoms with E-state index in [0.29, 0.717) is 0 Å². The van der Waals surface area contributed by atoms with Crippen LogP contribution >= 0.6 is 0 Å². The maximum atomic E-state index is 5.83. The zero-order chi connectivity index (χ0) is 15.3. The van der Waals surface area contributed by atoms with Crippen molar-refractivity contribution < 1.29 is 9.15 Å². The molecule has 0 fully saturated rings. The van der Waals surface area contributed by atoms with Crippen LogP contribution in [0.15, 0.2) is 40.9 Å². The van der Waals surface area contributed by atoms with Gasteiger partial charge in [-0.05, 0) is 26.3 Å². The molecule has 0 spiro atoms. The van der Waals surface area contributed by atoms with Gasteiger partial charge in [-0.1, -0.05) is 30.3 Å². The average Bonchev–Trinajstić information content (AvgIpc) is 2.88. The summed E-state index contributed by atoms with van der Waals surface area (Å²) in [4.78, 5) is 4.34. The maximum absolute atomic E-state index is 5.83. The summed E-state index contributed by atoms with van der Waals surface area (Å²) in [7, 11) is 1.68. The Morgan fingerprint density at radius 1 is 1.24 bits per heavy atom. The summed E-state index contributed by atoms with van der Waals surface area (Å²) in [5.41, 5.74) is 1.17. The molecule has 21 heavy (non-hydrogen) atoms. The van der Waals surface area contributed by atoms with Gasteiger partial charge in [0.1, 0.15) is 6.10 Å². The van der Waals surface area contributed by atoms with Crippen LogP contribution in [-0.4, -0.2) is 24.2 Å². The summed E-state index contributed by atoms with van der Waals surface area (Å²) < 4.78 is 11.4. The van der Waals surface area contributed by atoms with E-state index in [1.54, 1.807) is 13.3 Å². The molecule has 0 amide bonds. The van der Waals surface area contributed by atoms with Crippen LogP contribution in [0.25, 0.3) is 0 Å². The van der Waals surface area contributed by atoms with Crippen molar-refractivity contribution in [3.8, 4) is 0 Å². The molecule has 1 aromatic carbocycles. The SMILES string of the molecule is COC(c1ccccc1)c1cnc(CCNC(C)(C)C)o1. The highest BCUT2D eigenvalue weighted by atomic mass is 16.5. The Hall–Kier alpha value is -1.65.